The van der Waals surface area contributed by atoms with Gasteiger partial charge in [-0.3, -0.25) is 0 Å². The van der Waals surface area contributed by atoms with Crippen LogP contribution in [-0.2, 0) is 11.3 Å². The van der Waals surface area contributed by atoms with Gasteiger partial charge in [-0.1, -0.05) is 0 Å². The summed E-state index contributed by atoms with van der Waals surface area (Å²) in [6.45, 7) is 4.44. The lowest BCUT2D eigenvalue weighted by molar-refractivity contribution is 0.187. The third kappa shape index (κ3) is 2.36. The fourth-order valence-corrected chi connectivity index (χ4v) is 2.16. The molecule has 1 aromatic heterocycles. The lowest BCUT2D eigenvalue weighted by Crippen LogP contribution is -2.25. The highest BCUT2D eigenvalue weighted by Gasteiger charge is 2.23. The molecule has 0 saturated carbocycles. The summed E-state index contributed by atoms with van der Waals surface area (Å²) < 4.78 is 7.23. The van der Waals surface area contributed by atoms with E-state index in [9.17, 15) is 0 Å². The molecule has 2 N–H and O–H groups in total. The number of hydrogen-bond acceptors (Lipinski definition) is 4. The molecule has 1 aliphatic heterocycles. The maximum absolute atomic E-state index is 5.69. The molecule has 90 valence electrons. The van der Waals surface area contributed by atoms with Crippen molar-refractivity contribution in [3.63, 3.8) is 0 Å². The van der Waals surface area contributed by atoms with Crippen LogP contribution in [-0.4, -0.2) is 42.9 Å². The zero-order chi connectivity index (χ0) is 11.4. The molecule has 0 aromatic carbocycles. The molecule has 0 amide bonds. The zero-order valence-electron chi connectivity index (χ0n) is 9.80. The number of rotatable bonds is 5. The Labute approximate surface area is 96.2 Å². The maximum Gasteiger partial charge on any atom is 0.205 e. The van der Waals surface area contributed by atoms with Crippen LogP contribution in [0, 0.1) is 5.92 Å². The predicted octanol–water partition coefficient (Wildman–Crippen LogP) is 0.315. The smallest absolute Gasteiger partial charge is 0.205 e. The average molecular weight is 224 g/mol. The molecule has 1 fully saturated rings. The van der Waals surface area contributed by atoms with Crippen molar-refractivity contribution in [3.05, 3.63) is 12.4 Å². The second-order valence-corrected chi connectivity index (χ2v) is 4.25. The largest absolute Gasteiger partial charge is 0.383 e. The monoisotopic (exact) mass is 224 g/mol. The number of imidazole rings is 1. The summed E-state index contributed by atoms with van der Waals surface area (Å²) in [5.41, 5.74) is 5.69. The molecular formula is C11H20N4O. The fourth-order valence-electron chi connectivity index (χ4n) is 2.16. The standard InChI is InChI=1S/C11H20N4O/c1-16-7-6-14-5-3-13-11(14)15-4-2-10(8-12)9-15/h3,5,10H,2,4,6-9,12H2,1H3. The molecule has 0 bridgehead atoms. The molecule has 5 nitrogen and oxygen atoms in total. The minimum Gasteiger partial charge on any atom is -0.383 e. The van der Waals surface area contributed by atoms with Crippen molar-refractivity contribution in [2.75, 3.05) is 38.3 Å². The van der Waals surface area contributed by atoms with Gasteiger partial charge in [-0.2, -0.15) is 0 Å². The van der Waals surface area contributed by atoms with Crippen LogP contribution in [0.15, 0.2) is 12.4 Å². The molecule has 2 heterocycles. The van der Waals surface area contributed by atoms with E-state index < -0.39 is 0 Å². The van der Waals surface area contributed by atoms with E-state index in [-0.39, 0.29) is 0 Å². The van der Waals surface area contributed by atoms with Gasteiger partial charge in [-0.15, -0.1) is 0 Å². The predicted molar refractivity (Wildman–Crippen MR) is 63.5 cm³/mol. The van der Waals surface area contributed by atoms with E-state index in [0.717, 1.165) is 38.7 Å². The highest BCUT2D eigenvalue weighted by molar-refractivity contribution is 5.33. The number of nitrogens with two attached hydrogens (primary N) is 1. The molecule has 1 aromatic rings. The van der Waals surface area contributed by atoms with Crippen molar-refractivity contribution in [2.24, 2.45) is 11.7 Å². The number of nitrogens with zero attached hydrogens (tertiary/aromatic N) is 3. The van der Waals surface area contributed by atoms with Gasteiger partial charge < -0.3 is 19.9 Å². The first-order chi connectivity index (χ1) is 7.85. The van der Waals surface area contributed by atoms with Crippen LogP contribution in [0.5, 0.6) is 0 Å². The molecule has 1 saturated heterocycles. The van der Waals surface area contributed by atoms with Crippen molar-refractivity contribution in [1.82, 2.24) is 9.55 Å². The van der Waals surface area contributed by atoms with Gasteiger partial charge in [0.15, 0.2) is 0 Å². The van der Waals surface area contributed by atoms with Crippen molar-refractivity contribution < 1.29 is 4.74 Å². The van der Waals surface area contributed by atoms with E-state index in [0.29, 0.717) is 5.92 Å². The molecule has 5 heteroatoms. The number of anilines is 1. The van der Waals surface area contributed by atoms with Gasteiger partial charge in [0.05, 0.1) is 6.61 Å². The van der Waals surface area contributed by atoms with Crippen LogP contribution >= 0.6 is 0 Å². The van der Waals surface area contributed by atoms with Crippen molar-refractivity contribution in [3.8, 4) is 0 Å². The van der Waals surface area contributed by atoms with Crippen LogP contribution < -0.4 is 10.6 Å². The average Bonchev–Trinajstić information content (AvgIpc) is 2.94. The third-order valence-electron chi connectivity index (χ3n) is 3.13. The van der Waals surface area contributed by atoms with Gasteiger partial charge in [0.25, 0.3) is 0 Å². The maximum atomic E-state index is 5.69. The second-order valence-electron chi connectivity index (χ2n) is 4.25. The Morgan fingerprint density at radius 1 is 1.62 bits per heavy atom. The van der Waals surface area contributed by atoms with Gasteiger partial charge in [-0.25, -0.2) is 4.98 Å². The first kappa shape index (κ1) is 11.4. The number of ether oxygens (including phenoxy) is 1. The Hall–Kier alpha value is -1.07. The molecule has 0 aliphatic carbocycles. The summed E-state index contributed by atoms with van der Waals surface area (Å²) in [5, 5.41) is 0. The number of aromatic nitrogens is 2. The van der Waals surface area contributed by atoms with Gasteiger partial charge in [0, 0.05) is 39.1 Å². The summed E-state index contributed by atoms with van der Waals surface area (Å²) in [5.74, 6) is 1.67. The van der Waals surface area contributed by atoms with E-state index in [4.69, 9.17) is 10.5 Å². The summed E-state index contributed by atoms with van der Waals surface area (Å²) in [4.78, 5) is 6.73. The van der Waals surface area contributed by atoms with Crippen LogP contribution in [0.1, 0.15) is 6.42 Å². The van der Waals surface area contributed by atoms with E-state index in [1.165, 1.54) is 6.42 Å². The van der Waals surface area contributed by atoms with Crippen LogP contribution in [0.2, 0.25) is 0 Å². The molecule has 2 rings (SSSR count). The lowest BCUT2D eigenvalue weighted by Gasteiger charge is -2.18. The normalized spacial score (nSPS) is 20.6. The van der Waals surface area contributed by atoms with E-state index in [2.05, 4.69) is 14.5 Å². The van der Waals surface area contributed by atoms with E-state index in [1.807, 2.05) is 12.4 Å². The van der Waals surface area contributed by atoms with Gasteiger partial charge in [0.1, 0.15) is 0 Å². The van der Waals surface area contributed by atoms with Gasteiger partial charge in [-0.05, 0) is 18.9 Å². The topological polar surface area (TPSA) is 56.3 Å². The lowest BCUT2D eigenvalue weighted by atomic mass is 10.1. The molecule has 1 unspecified atom stereocenters. The highest BCUT2D eigenvalue weighted by Crippen LogP contribution is 2.21. The second kappa shape index (κ2) is 5.32. The molecule has 0 radical (unpaired) electrons. The Morgan fingerprint density at radius 2 is 2.50 bits per heavy atom. The minimum absolute atomic E-state index is 0.618. The molecule has 16 heavy (non-hydrogen) atoms. The zero-order valence-corrected chi connectivity index (χ0v) is 9.80. The molecule has 0 spiro atoms. The Balaban J connectivity index is 2.00. The summed E-state index contributed by atoms with van der Waals surface area (Å²) in [6.07, 6.45) is 5.03. The third-order valence-corrected chi connectivity index (χ3v) is 3.13. The molecule has 1 atom stereocenters. The number of hydrogen-bond donors (Lipinski definition) is 1. The summed E-state index contributed by atoms with van der Waals surface area (Å²) in [7, 11) is 1.72. The minimum atomic E-state index is 0.618. The van der Waals surface area contributed by atoms with E-state index >= 15 is 0 Å². The summed E-state index contributed by atoms with van der Waals surface area (Å²) in [6, 6.07) is 0. The van der Waals surface area contributed by atoms with Crippen molar-refractivity contribution in [1.29, 1.82) is 0 Å². The van der Waals surface area contributed by atoms with E-state index in [1.54, 1.807) is 7.11 Å². The SMILES string of the molecule is COCCn1ccnc1N1CCC(CN)C1. The van der Waals surface area contributed by atoms with Crippen molar-refractivity contribution in [2.45, 2.75) is 13.0 Å². The van der Waals surface area contributed by atoms with Crippen LogP contribution in [0.3, 0.4) is 0 Å². The van der Waals surface area contributed by atoms with Crippen molar-refractivity contribution >= 4 is 5.95 Å². The molecular weight excluding hydrogens is 204 g/mol. The Bertz CT molecular complexity index is 326. The Morgan fingerprint density at radius 3 is 3.19 bits per heavy atom. The molecule has 1 aliphatic rings. The Kier molecular flexibility index (Phi) is 3.79. The fraction of sp³-hybridized carbons (Fsp3) is 0.727. The quantitative estimate of drug-likeness (QED) is 0.782. The van der Waals surface area contributed by atoms with Crippen LogP contribution in [0.4, 0.5) is 5.95 Å². The number of methoxy groups -OCH3 is 1. The first-order valence-electron chi connectivity index (χ1n) is 5.80. The summed E-state index contributed by atoms with van der Waals surface area (Å²) >= 11 is 0. The van der Waals surface area contributed by atoms with Gasteiger partial charge >= 0.3 is 0 Å². The highest BCUT2D eigenvalue weighted by atomic mass is 16.5. The van der Waals surface area contributed by atoms with Crippen LogP contribution in [0.25, 0.3) is 0 Å². The first-order valence-corrected chi connectivity index (χ1v) is 5.80. The van der Waals surface area contributed by atoms with Gasteiger partial charge in [0.2, 0.25) is 5.95 Å².